The Kier molecular flexibility index (Phi) is 5.27. The van der Waals surface area contributed by atoms with E-state index in [1.807, 2.05) is 23.9 Å². The van der Waals surface area contributed by atoms with Gasteiger partial charge in [0.15, 0.2) is 10.4 Å². The van der Waals surface area contributed by atoms with Gasteiger partial charge in [0.25, 0.3) is 0 Å². The normalized spacial score (nSPS) is 11.1. The van der Waals surface area contributed by atoms with Gasteiger partial charge in [0.1, 0.15) is 0 Å². The fourth-order valence-electron chi connectivity index (χ4n) is 2.03. The lowest BCUT2D eigenvalue weighted by atomic mass is 10.2. The molecule has 0 bridgehead atoms. The quantitative estimate of drug-likeness (QED) is 0.626. The minimum absolute atomic E-state index is 0.623. The van der Waals surface area contributed by atoms with Crippen LogP contribution in [0.5, 0.6) is 5.88 Å². The second kappa shape index (κ2) is 6.96. The minimum atomic E-state index is 0.623. The van der Waals surface area contributed by atoms with E-state index in [9.17, 15) is 0 Å². The third-order valence-electron chi connectivity index (χ3n) is 3.03. The highest BCUT2D eigenvalue weighted by Gasteiger charge is 2.06. The standard InChI is InChI=1S/C13H19N3OS2/c1-17-11-7-6-10-12(15-11)16(13(18)14-10)8-4-3-5-9-19-2/h6-7H,3-5,8-9H2,1-2H3,(H,14,18). The smallest absolute Gasteiger partial charge is 0.215 e. The maximum atomic E-state index is 5.36. The number of rotatable bonds is 7. The molecule has 0 atom stereocenters. The lowest BCUT2D eigenvalue weighted by Crippen LogP contribution is -2.00. The SMILES string of the molecule is COc1ccc2[nH]c(=S)n(CCCCCSC)c2n1. The molecule has 0 aliphatic heterocycles. The van der Waals surface area contributed by atoms with E-state index in [-0.39, 0.29) is 0 Å². The molecular formula is C13H19N3OS2. The molecule has 0 radical (unpaired) electrons. The number of imidazole rings is 1. The number of H-pyrrole nitrogens is 1. The van der Waals surface area contributed by atoms with Gasteiger partial charge < -0.3 is 14.3 Å². The third-order valence-corrected chi connectivity index (χ3v) is 4.05. The molecule has 0 unspecified atom stereocenters. The highest BCUT2D eigenvalue weighted by atomic mass is 32.2. The lowest BCUT2D eigenvalue weighted by Gasteiger charge is -2.04. The molecule has 6 heteroatoms. The fraction of sp³-hybridized carbons (Fsp3) is 0.538. The average molecular weight is 297 g/mol. The molecule has 0 aliphatic rings. The zero-order valence-electron chi connectivity index (χ0n) is 11.3. The number of aromatic amines is 1. The number of hydrogen-bond acceptors (Lipinski definition) is 4. The number of fused-ring (bicyclic) bond motifs is 1. The predicted octanol–water partition coefficient (Wildman–Crippen LogP) is 3.64. The van der Waals surface area contributed by atoms with Gasteiger partial charge >= 0.3 is 0 Å². The molecule has 2 aromatic heterocycles. The van der Waals surface area contributed by atoms with Crippen molar-refractivity contribution in [1.29, 1.82) is 0 Å². The Labute approximate surface area is 122 Å². The van der Waals surface area contributed by atoms with Crippen molar-refractivity contribution in [3.05, 3.63) is 16.9 Å². The van der Waals surface area contributed by atoms with Gasteiger partial charge in [0.2, 0.25) is 5.88 Å². The molecule has 1 N–H and O–H groups in total. The molecule has 2 aromatic rings. The summed E-state index contributed by atoms with van der Waals surface area (Å²) in [5, 5.41) is 0. The van der Waals surface area contributed by atoms with Gasteiger partial charge in [-0.2, -0.15) is 16.7 Å². The summed E-state index contributed by atoms with van der Waals surface area (Å²) >= 11 is 7.25. The molecule has 0 amide bonds. The van der Waals surface area contributed by atoms with Crippen LogP contribution in [0.25, 0.3) is 11.2 Å². The van der Waals surface area contributed by atoms with Gasteiger partial charge in [-0.25, -0.2) is 0 Å². The summed E-state index contributed by atoms with van der Waals surface area (Å²) in [7, 11) is 1.63. The second-order valence-corrected chi connectivity index (χ2v) is 5.73. The second-order valence-electron chi connectivity index (χ2n) is 4.36. The minimum Gasteiger partial charge on any atom is -0.481 e. The molecule has 104 valence electrons. The molecule has 2 heterocycles. The molecule has 0 fully saturated rings. The van der Waals surface area contributed by atoms with Crippen molar-refractivity contribution < 1.29 is 4.74 Å². The Balaban J connectivity index is 2.12. The van der Waals surface area contributed by atoms with E-state index in [4.69, 9.17) is 17.0 Å². The van der Waals surface area contributed by atoms with E-state index < -0.39 is 0 Å². The van der Waals surface area contributed by atoms with Gasteiger partial charge in [-0.05, 0) is 43.1 Å². The first-order valence-corrected chi connectivity index (χ1v) is 8.19. The molecular weight excluding hydrogens is 278 g/mol. The van der Waals surface area contributed by atoms with Gasteiger partial charge in [-0.15, -0.1) is 0 Å². The van der Waals surface area contributed by atoms with Crippen LogP contribution in [0.2, 0.25) is 0 Å². The van der Waals surface area contributed by atoms with Crippen LogP contribution in [0.1, 0.15) is 19.3 Å². The first kappa shape index (κ1) is 14.4. The first-order chi connectivity index (χ1) is 9.26. The molecule has 0 saturated carbocycles. The highest BCUT2D eigenvalue weighted by molar-refractivity contribution is 7.98. The van der Waals surface area contributed by atoms with Gasteiger partial charge in [-0.3, -0.25) is 0 Å². The average Bonchev–Trinajstić information content (AvgIpc) is 2.74. The Hall–Kier alpha value is -1.01. The zero-order chi connectivity index (χ0) is 13.7. The first-order valence-electron chi connectivity index (χ1n) is 6.38. The number of pyridine rings is 1. The summed E-state index contributed by atoms with van der Waals surface area (Å²) in [6, 6.07) is 3.80. The van der Waals surface area contributed by atoms with E-state index in [1.165, 1.54) is 18.6 Å². The van der Waals surface area contributed by atoms with Crippen LogP contribution in [-0.2, 0) is 6.54 Å². The van der Waals surface area contributed by atoms with Gasteiger partial charge in [0.05, 0.1) is 12.6 Å². The summed E-state index contributed by atoms with van der Waals surface area (Å²) in [5.74, 6) is 1.85. The van der Waals surface area contributed by atoms with Crippen molar-refractivity contribution in [1.82, 2.24) is 14.5 Å². The lowest BCUT2D eigenvalue weighted by molar-refractivity contribution is 0.399. The summed E-state index contributed by atoms with van der Waals surface area (Å²) in [4.78, 5) is 7.65. The highest BCUT2D eigenvalue weighted by Crippen LogP contribution is 2.17. The zero-order valence-corrected chi connectivity index (χ0v) is 12.9. The van der Waals surface area contributed by atoms with Crippen molar-refractivity contribution in [2.24, 2.45) is 0 Å². The van der Waals surface area contributed by atoms with Crippen LogP contribution < -0.4 is 4.74 Å². The number of hydrogen-bond donors (Lipinski definition) is 1. The number of ether oxygens (including phenoxy) is 1. The number of nitrogens with zero attached hydrogens (tertiary/aromatic N) is 2. The molecule has 2 rings (SSSR count). The van der Waals surface area contributed by atoms with E-state index >= 15 is 0 Å². The number of methoxy groups -OCH3 is 1. The molecule has 0 spiro atoms. The van der Waals surface area contributed by atoms with Crippen LogP contribution in [0.15, 0.2) is 12.1 Å². The Bertz CT molecular complexity index is 591. The maximum absolute atomic E-state index is 5.36. The number of unbranched alkanes of at least 4 members (excludes halogenated alkanes) is 2. The molecule has 19 heavy (non-hydrogen) atoms. The monoisotopic (exact) mass is 297 g/mol. The van der Waals surface area contributed by atoms with E-state index in [2.05, 4.69) is 20.8 Å². The van der Waals surface area contributed by atoms with E-state index in [0.717, 1.165) is 28.9 Å². The van der Waals surface area contributed by atoms with Crippen molar-refractivity contribution in [2.45, 2.75) is 25.8 Å². The maximum Gasteiger partial charge on any atom is 0.215 e. The van der Waals surface area contributed by atoms with Crippen LogP contribution in [0.3, 0.4) is 0 Å². The van der Waals surface area contributed by atoms with E-state index in [1.54, 1.807) is 7.11 Å². The van der Waals surface area contributed by atoms with Crippen LogP contribution in [0, 0.1) is 4.77 Å². The van der Waals surface area contributed by atoms with Gasteiger partial charge in [-0.1, -0.05) is 6.42 Å². The van der Waals surface area contributed by atoms with Crippen molar-refractivity contribution in [3.63, 3.8) is 0 Å². The largest absolute Gasteiger partial charge is 0.481 e. The number of aryl methyl sites for hydroxylation is 1. The topological polar surface area (TPSA) is 42.8 Å². The Morgan fingerprint density at radius 1 is 1.37 bits per heavy atom. The number of aromatic nitrogens is 3. The third kappa shape index (κ3) is 3.51. The summed E-state index contributed by atoms with van der Waals surface area (Å²) < 4.78 is 7.97. The molecule has 0 aliphatic carbocycles. The van der Waals surface area contributed by atoms with Crippen molar-refractivity contribution >= 4 is 35.1 Å². The van der Waals surface area contributed by atoms with Gasteiger partial charge in [0, 0.05) is 12.6 Å². The van der Waals surface area contributed by atoms with Crippen molar-refractivity contribution in [2.75, 3.05) is 19.1 Å². The van der Waals surface area contributed by atoms with E-state index in [0.29, 0.717) is 5.88 Å². The molecule has 0 aromatic carbocycles. The Morgan fingerprint density at radius 3 is 2.95 bits per heavy atom. The number of nitrogens with one attached hydrogen (secondary N) is 1. The number of thioether (sulfide) groups is 1. The molecule has 0 saturated heterocycles. The van der Waals surface area contributed by atoms with Crippen LogP contribution >= 0.6 is 24.0 Å². The van der Waals surface area contributed by atoms with Crippen LogP contribution in [0.4, 0.5) is 0 Å². The van der Waals surface area contributed by atoms with Crippen LogP contribution in [-0.4, -0.2) is 33.7 Å². The summed E-state index contributed by atoms with van der Waals surface area (Å²) in [6.07, 6.45) is 5.75. The summed E-state index contributed by atoms with van der Waals surface area (Å²) in [5.41, 5.74) is 1.85. The predicted molar refractivity (Wildman–Crippen MR) is 83.7 cm³/mol. The fourth-order valence-corrected chi connectivity index (χ4v) is 2.81. The summed E-state index contributed by atoms with van der Waals surface area (Å²) in [6.45, 7) is 0.910. The molecule has 4 nitrogen and oxygen atoms in total. The van der Waals surface area contributed by atoms with Crippen molar-refractivity contribution in [3.8, 4) is 5.88 Å². The Morgan fingerprint density at radius 2 is 2.21 bits per heavy atom.